The third kappa shape index (κ3) is 4.11. The molecule has 0 amide bonds. The van der Waals surface area contributed by atoms with Gasteiger partial charge in [0, 0.05) is 44.4 Å². The van der Waals surface area contributed by atoms with Crippen LogP contribution in [0.1, 0.15) is 5.69 Å². The Labute approximate surface area is 191 Å². The van der Waals surface area contributed by atoms with Crippen molar-refractivity contribution in [2.75, 3.05) is 26.2 Å². The monoisotopic (exact) mass is 491 g/mol. The van der Waals surface area contributed by atoms with E-state index in [9.17, 15) is 17.6 Å². The second kappa shape index (κ2) is 8.45. The van der Waals surface area contributed by atoms with Crippen molar-refractivity contribution in [3.63, 3.8) is 0 Å². The quantitative estimate of drug-likeness (QED) is 0.426. The van der Waals surface area contributed by atoms with E-state index in [0.717, 1.165) is 0 Å². The first-order valence-corrected chi connectivity index (χ1v) is 13.0. The number of nitrogens with zero attached hydrogens (tertiary/aromatic N) is 5. The summed E-state index contributed by atoms with van der Waals surface area (Å²) < 4.78 is 42.0. The molecule has 4 aromatic rings. The largest absolute Gasteiger partial charge is 0.295 e. The Morgan fingerprint density at radius 2 is 1.88 bits per heavy atom. The first-order chi connectivity index (χ1) is 15.4. The first kappa shape index (κ1) is 21.3. The minimum absolute atomic E-state index is 0.303. The molecule has 1 aliphatic rings. The van der Waals surface area contributed by atoms with Gasteiger partial charge in [-0.3, -0.25) is 9.69 Å². The van der Waals surface area contributed by atoms with E-state index in [1.807, 2.05) is 0 Å². The van der Waals surface area contributed by atoms with Crippen LogP contribution in [0.4, 0.5) is 4.39 Å². The van der Waals surface area contributed by atoms with Crippen molar-refractivity contribution in [3.8, 4) is 10.6 Å². The molecular weight excluding hydrogens is 473 g/mol. The molecule has 0 bridgehead atoms. The minimum Gasteiger partial charge on any atom is -0.295 e. The molecule has 0 aliphatic carbocycles. The molecule has 5 rings (SSSR count). The highest BCUT2D eigenvalue weighted by Gasteiger charge is 2.29. The van der Waals surface area contributed by atoms with E-state index in [1.54, 1.807) is 29.6 Å². The minimum atomic E-state index is -3.45. The number of piperazine rings is 1. The lowest BCUT2D eigenvalue weighted by atomic mass is 10.2. The molecule has 166 valence electrons. The zero-order valence-electron chi connectivity index (χ0n) is 16.7. The van der Waals surface area contributed by atoms with Gasteiger partial charge in [0.05, 0.1) is 5.69 Å². The predicted molar refractivity (Wildman–Crippen MR) is 121 cm³/mol. The summed E-state index contributed by atoms with van der Waals surface area (Å²) in [5.41, 5.74) is 0.881. The van der Waals surface area contributed by atoms with Crippen molar-refractivity contribution in [1.29, 1.82) is 0 Å². The maximum atomic E-state index is 13.5. The predicted octanol–water partition coefficient (Wildman–Crippen LogP) is 2.53. The second-order valence-electron chi connectivity index (χ2n) is 7.31. The molecular formula is C20H18FN5O3S3. The van der Waals surface area contributed by atoms with Gasteiger partial charge in [0.2, 0.25) is 4.96 Å². The van der Waals surface area contributed by atoms with Crippen LogP contribution >= 0.6 is 22.7 Å². The molecule has 0 atom stereocenters. The highest BCUT2D eigenvalue weighted by molar-refractivity contribution is 7.91. The lowest BCUT2D eigenvalue weighted by Gasteiger charge is -2.33. The van der Waals surface area contributed by atoms with Gasteiger partial charge in [-0.15, -0.1) is 11.3 Å². The van der Waals surface area contributed by atoms with Gasteiger partial charge in [0.25, 0.3) is 15.6 Å². The fourth-order valence-corrected chi connectivity index (χ4v) is 7.06. The number of sulfonamides is 1. The fourth-order valence-electron chi connectivity index (χ4n) is 3.57. The zero-order chi connectivity index (χ0) is 22.3. The van der Waals surface area contributed by atoms with Crippen molar-refractivity contribution in [2.45, 2.75) is 10.8 Å². The second-order valence-corrected chi connectivity index (χ2v) is 11.4. The molecule has 0 N–H and O–H groups in total. The van der Waals surface area contributed by atoms with Crippen molar-refractivity contribution in [3.05, 3.63) is 69.7 Å². The molecule has 0 unspecified atom stereocenters. The van der Waals surface area contributed by atoms with E-state index in [0.29, 0.717) is 58.2 Å². The smallest absolute Gasteiger partial charge is 0.275 e. The number of halogens is 1. The molecule has 1 saturated heterocycles. The van der Waals surface area contributed by atoms with Crippen molar-refractivity contribution in [2.24, 2.45) is 0 Å². The SMILES string of the molecule is O=c1cc(CN2CCN(S(=O)(=O)c3cccs3)CC2)nc2sc(-c3cccc(F)c3)nn12. The maximum absolute atomic E-state index is 13.5. The molecule has 1 aliphatic heterocycles. The standard InChI is InChI=1S/C20H18FN5O3S3/c21-15-4-1-3-14(11-15)19-23-26-17(27)12-16(22-20(26)31-19)13-24-6-8-25(9-7-24)32(28,29)18-5-2-10-30-18/h1-5,10-12H,6-9,13H2. The van der Waals surface area contributed by atoms with Crippen LogP contribution in [-0.2, 0) is 16.6 Å². The van der Waals surface area contributed by atoms with E-state index >= 15 is 0 Å². The van der Waals surface area contributed by atoms with E-state index < -0.39 is 10.0 Å². The number of hydrogen-bond acceptors (Lipinski definition) is 8. The third-order valence-electron chi connectivity index (χ3n) is 5.18. The molecule has 0 spiro atoms. The molecule has 12 heteroatoms. The molecule has 0 saturated carbocycles. The summed E-state index contributed by atoms with van der Waals surface area (Å²) >= 11 is 2.44. The van der Waals surface area contributed by atoms with Crippen molar-refractivity contribution < 1.29 is 12.8 Å². The summed E-state index contributed by atoms with van der Waals surface area (Å²) in [6.07, 6.45) is 0. The molecule has 0 radical (unpaired) electrons. The maximum Gasteiger partial charge on any atom is 0.275 e. The van der Waals surface area contributed by atoms with Crippen LogP contribution in [0.15, 0.2) is 56.8 Å². The van der Waals surface area contributed by atoms with E-state index in [-0.39, 0.29) is 11.4 Å². The Balaban J connectivity index is 1.31. The summed E-state index contributed by atoms with van der Waals surface area (Å²) in [4.78, 5) is 19.6. The van der Waals surface area contributed by atoms with Crippen LogP contribution in [0.25, 0.3) is 15.5 Å². The number of fused-ring (bicyclic) bond motifs is 1. The van der Waals surface area contributed by atoms with Gasteiger partial charge in [-0.25, -0.2) is 17.8 Å². The molecule has 3 aromatic heterocycles. The third-order valence-corrected chi connectivity index (χ3v) is 9.40. The van der Waals surface area contributed by atoms with Gasteiger partial charge in [-0.2, -0.15) is 13.9 Å². The zero-order valence-corrected chi connectivity index (χ0v) is 19.2. The van der Waals surface area contributed by atoms with Crippen LogP contribution in [0.5, 0.6) is 0 Å². The van der Waals surface area contributed by atoms with Crippen LogP contribution in [0, 0.1) is 5.82 Å². The van der Waals surface area contributed by atoms with Crippen LogP contribution in [0.2, 0.25) is 0 Å². The van der Waals surface area contributed by atoms with Gasteiger partial charge in [0.15, 0.2) is 0 Å². The summed E-state index contributed by atoms with van der Waals surface area (Å²) in [5, 5.41) is 6.55. The average Bonchev–Trinajstić information content (AvgIpc) is 3.45. The lowest BCUT2D eigenvalue weighted by molar-refractivity contribution is 0.180. The summed E-state index contributed by atoms with van der Waals surface area (Å²) in [5.74, 6) is -0.372. The Morgan fingerprint density at radius 1 is 1.06 bits per heavy atom. The highest BCUT2D eigenvalue weighted by Crippen LogP contribution is 2.25. The summed E-state index contributed by atoms with van der Waals surface area (Å²) in [7, 11) is -3.45. The first-order valence-electron chi connectivity index (χ1n) is 9.82. The topological polar surface area (TPSA) is 87.9 Å². The van der Waals surface area contributed by atoms with Crippen molar-refractivity contribution in [1.82, 2.24) is 23.8 Å². The molecule has 1 aromatic carbocycles. The fraction of sp³-hybridized carbons (Fsp3) is 0.250. The van der Waals surface area contributed by atoms with E-state index in [4.69, 9.17) is 0 Å². The number of hydrogen-bond donors (Lipinski definition) is 0. The Bertz CT molecular complexity index is 1420. The highest BCUT2D eigenvalue weighted by atomic mass is 32.2. The Morgan fingerprint density at radius 3 is 2.59 bits per heavy atom. The number of aromatic nitrogens is 3. The Kier molecular flexibility index (Phi) is 5.63. The molecule has 32 heavy (non-hydrogen) atoms. The van der Waals surface area contributed by atoms with Crippen LogP contribution in [0.3, 0.4) is 0 Å². The normalized spacial score (nSPS) is 16.0. The van der Waals surface area contributed by atoms with Gasteiger partial charge in [-0.1, -0.05) is 29.5 Å². The van der Waals surface area contributed by atoms with Gasteiger partial charge >= 0.3 is 0 Å². The Hall–Kier alpha value is -2.51. The molecule has 8 nitrogen and oxygen atoms in total. The average molecular weight is 492 g/mol. The van der Waals surface area contributed by atoms with E-state index in [1.165, 1.54) is 49.7 Å². The number of rotatable bonds is 5. The number of benzene rings is 1. The molecule has 4 heterocycles. The van der Waals surface area contributed by atoms with E-state index in [2.05, 4.69) is 15.0 Å². The number of thiophene rings is 1. The summed E-state index contributed by atoms with van der Waals surface area (Å²) in [6.45, 7) is 2.29. The summed E-state index contributed by atoms with van der Waals surface area (Å²) in [6, 6.07) is 10.8. The van der Waals surface area contributed by atoms with Gasteiger partial charge < -0.3 is 0 Å². The molecule has 1 fully saturated rings. The van der Waals surface area contributed by atoms with Crippen molar-refractivity contribution >= 4 is 37.7 Å². The van der Waals surface area contributed by atoms with Crippen LogP contribution in [-0.4, -0.2) is 58.4 Å². The van der Waals surface area contributed by atoms with Gasteiger partial charge in [-0.05, 0) is 23.6 Å². The van der Waals surface area contributed by atoms with Gasteiger partial charge in [0.1, 0.15) is 15.0 Å². The lowest BCUT2D eigenvalue weighted by Crippen LogP contribution is -2.48. The van der Waals surface area contributed by atoms with Crippen LogP contribution < -0.4 is 5.56 Å².